The van der Waals surface area contributed by atoms with Gasteiger partial charge in [0.15, 0.2) is 0 Å². The molecule has 9 aromatic rings. The molecule has 3 heterocycles. The number of hydrogen-bond donors (Lipinski definition) is 0. The number of nitrogens with zero attached hydrogens (tertiary/aromatic N) is 4. The largest absolute Gasteiger partial charge is 0.309 e. The SMILES string of the molecule is CC1(C)c2ccccc2-c2c1c1c(ccc3c4ccccc4n(-c4nc(-c5ccccc5)c5ccccc5n4)c31)n2-c1ccccc1. The molecular weight excluding hydrogens is 573 g/mol. The zero-order valence-electron chi connectivity index (χ0n) is 26.1. The third kappa shape index (κ3) is 3.53. The molecule has 222 valence electrons. The minimum absolute atomic E-state index is 0.223. The lowest BCUT2D eigenvalue weighted by atomic mass is 9.81. The molecule has 0 fully saturated rings. The number of benzene rings is 6. The van der Waals surface area contributed by atoms with Crippen LogP contribution in [-0.4, -0.2) is 19.1 Å². The minimum Gasteiger partial charge on any atom is -0.309 e. The molecule has 0 N–H and O–H groups in total. The predicted octanol–water partition coefficient (Wildman–Crippen LogP) is 10.6. The summed E-state index contributed by atoms with van der Waals surface area (Å²) in [4.78, 5) is 10.7. The second-order valence-electron chi connectivity index (χ2n) is 13.0. The van der Waals surface area contributed by atoms with Gasteiger partial charge < -0.3 is 4.57 Å². The van der Waals surface area contributed by atoms with E-state index in [4.69, 9.17) is 9.97 Å². The molecule has 1 aliphatic rings. The summed E-state index contributed by atoms with van der Waals surface area (Å²) in [6.45, 7) is 4.75. The van der Waals surface area contributed by atoms with Crippen molar-refractivity contribution in [3.05, 3.63) is 157 Å². The standard InChI is InChI=1S/C43H30N4/c1-43(2)33-22-12-9-20-31(33)41-38(43)37-36(46(41)28-17-7-4-8-18-28)26-25-30-29-19-11-14-24-35(29)47(40(30)37)42-44-34-23-13-10-21-32(34)39(45-42)27-15-5-3-6-16-27/h3-26H,1-2H3. The first-order valence-electron chi connectivity index (χ1n) is 16.2. The average molecular weight is 603 g/mol. The lowest BCUT2D eigenvalue weighted by molar-refractivity contribution is 0.666. The first kappa shape index (κ1) is 26.2. The van der Waals surface area contributed by atoms with Crippen LogP contribution in [0.2, 0.25) is 0 Å². The van der Waals surface area contributed by atoms with Crippen molar-refractivity contribution in [2.45, 2.75) is 19.3 Å². The van der Waals surface area contributed by atoms with Crippen molar-refractivity contribution in [3.8, 4) is 34.2 Å². The summed E-state index contributed by atoms with van der Waals surface area (Å²) < 4.78 is 4.79. The molecule has 0 bridgehead atoms. The van der Waals surface area contributed by atoms with Crippen LogP contribution in [0, 0.1) is 0 Å². The smallest absolute Gasteiger partial charge is 0.235 e. The van der Waals surface area contributed by atoms with Crippen LogP contribution in [0.25, 0.3) is 77.8 Å². The maximum Gasteiger partial charge on any atom is 0.235 e. The van der Waals surface area contributed by atoms with Crippen molar-refractivity contribution in [2.75, 3.05) is 0 Å². The summed E-state index contributed by atoms with van der Waals surface area (Å²) in [5.74, 6) is 0.677. The Bertz CT molecular complexity index is 2700. The Morgan fingerprint density at radius 1 is 0.532 bits per heavy atom. The molecule has 47 heavy (non-hydrogen) atoms. The first-order chi connectivity index (χ1) is 23.1. The van der Waals surface area contributed by atoms with Crippen LogP contribution in [0.15, 0.2) is 146 Å². The van der Waals surface area contributed by atoms with Crippen molar-refractivity contribution in [2.24, 2.45) is 0 Å². The van der Waals surface area contributed by atoms with Gasteiger partial charge in [-0.3, -0.25) is 4.57 Å². The molecule has 1 aliphatic carbocycles. The fraction of sp³-hybridized carbons (Fsp3) is 0.0698. The maximum absolute atomic E-state index is 5.40. The van der Waals surface area contributed by atoms with E-state index in [0.29, 0.717) is 5.95 Å². The minimum atomic E-state index is -0.223. The van der Waals surface area contributed by atoms with Gasteiger partial charge in [0.1, 0.15) is 0 Å². The van der Waals surface area contributed by atoms with Crippen LogP contribution >= 0.6 is 0 Å². The Morgan fingerprint density at radius 3 is 2.04 bits per heavy atom. The number of hydrogen-bond acceptors (Lipinski definition) is 2. The van der Waals surface area contributed by atoms with Gasteiger partial charge in [-0.2, -0.15) is 0 Å². The number of rotatable bonds is 3. The molecule has 4 heteroatoms. The highest BCUT2D eigenvalue weighted by molar-refractivity contribution is 6.21. The van der Waals surface area contributed by atoms with Gasteiger partial charge in [-0.05, 0) is 41.5 Å². The third-order valence-electron chi connectivity index (χ3n) is 10.1. The molecule has 0 saturated carbocycles. The number of aromatic nitrogens is 4. The Kier molecular flexibility index (Phi) is 5.31. The molecule has 10 rings (SSSR count). The van der Waals surface area contributed by atoms with Gasteiger partial charge in [0.2, 0.25) is 5.95 Å². The molecule has 4 nitrogen and oxygen atoms in total. The maximum atomic E-state index is 5.40. The van der Waals surface area contributed by atoms with Crippen molar-refractivity contribution < 1.29 is 0 Å². The number of fused-ring (bicyclic) bond motifs is 10. The summed E-state index contributed by atoms with van der Waals surface area (Å²) in [6.07, 6.45) is 0. The normalized spacial score (nSPS) is 13.5. The first-order valence-corrected chi connectivity index (χ1v) is 16.2. The molecule has 0 atom stereocenters. The molecule has 0 amide bonds. The lowest BCUT2D eigenvalue weighted by Crippen LogP contribution is -2.15. The summed E-state index contributed by atoms with van der Waals surface area (Å²) in [7, 11) is 0. The van der Waals surface area contributed by atoms with E-state index in [1.54, 1.807) is 0 Å². The average Bonchev–Trinajstić information content (AvgIpc) is 3.73. The summed E-state index contributed by atoms with van der Waals surface area (Å²) in [6, 6.07) is 51.8. The molecular formula is C43H30N4. The second-order valence-corrected chi connectivity index (χ2v) is 13.0. The third-order valence-corrected chi connectivity index (χ3v) is 10.1. The van der Waals surface area contributed by atoms with Crippen molar-refractivity contribution in [1.82, 2.24) is 19.1 Å². The van der Waals surface area contributed by atoms with Crippen LogP contribution in [0.5, 0.6) is 0 Å². The molecule has 0 aliphatic heterocycles. The van der Waals surface area contributed by atoms with Gasteiger partial charge in [-0.15, -0.1) is 0 Å². The highest BCUT2D eigenvalue weighted by atomic mass is 15.2. The van der Waals surface area contributed by atoms with E-state index < -0.39 is 0 Å². The van der Waals surface area contributed by atoms with E-state index in [-0.39, 0.29) is 5.41 Å². The van der Waals surface area contributed by atoms with E-state index in [9.17, 15) is 0 Å². The Hall–Kier alpha value is -6.00. The van der Waals surface area contributed by atoms with E-state index >= 15 is 0 Å². The van der Waals surface area contributed by atoms with E-state index in [1.165, 1.54) is 44.1 Å². The fourth-order valence-electron chi connectivity index (χ4n) is 8.10. The summed E-state index contributed by atoms with van der Waals surface area (Å²) in [5, 5.41) is 4.68. The lowest BCUT2D eigenvalue weighted by Gasteiger charge is -2.22. The van der Waals surface area contributed by atoms with Crippen LogP contribution in [0.3, 0.4) is 0 Å². The highest BCUT2D eigenvalue weighted by Gasteiger charge is 2.41. The van der Waals surface area contributed by atoms with Crippen LogP contribution < -0.4 is 0 Å². The van der Waals surface area contributed by atoms with Gasteiger partial charge in [0, 0.05) is 43.8 Å². The van der Waals surface area contributed by atoms with E-state index in [2.05, 4.69) is 169 Å². The Labute approximate surface area is 272 Å². The monoisotopic (exact) mass is 602 g/mol. The van der Waals surface area contributed by atoms with E-state index in [0.717, 1.165) is 38.9 Å². The zero-order valence-corrected chi connectivity index (χ0v) is 26.1. The van der Waals surface area contributed by atoms with Crippen LogP contribution in [0.4, 0.5) is 0 Å². The van der Waals surface area contributed by atoms with Gasteiger partial charge in [0.25, 0.3) is 0 Å². The molecule has 0 saturated heterocycles. The van der Waals surface area contributed by atoms with Gasteiger partial charge in [-0.25, -0.2) is 9.97 Å². The molecule has 0 radical (unpaired) electrons. The van der Waals surface area contributed by atoms with Gasteiger partial charge >= 0.3 is 0 Å². The van der Waals surface area contributed by atoms with Gasteiger partial charge in [0.05, 0.1) is 33.5 Å². The highest BCUT2D eigenvalue weighted by Crippen LogP contribution is 2.55. The van der Waals surface area contributed by atoms with Crippen molar-refractivity contribution in [1.29, 1.82) is 0 Å². The summed E-state index contributed by atoms with van der Waals surface area (Å²) >= 11 is 0. The number of para-hydroxylation sites is 3. The molecule has 0 unspecified atom stereocenters. The molecule has 3 aromatic heterocycles. The Balaban J connectivity index is 1.42. The Morgan fingerprint density at radius 2 is 1.21 bits per heavy atom. The fourth-order valence-corrected chi connectivity index (χ4v) is 8.10. The van der Waals surface area contributed by atoms with E-state index in [1.807, 2.05) is 0 Å². The molecule has 6 aromatic carbocycles. The zero-order chi connectivity index (χ0) is 31.3. The van der Waals surface area contributed by atoms with Gasteiger partial charge in [-0.1, -0.05) is 129 Å². The van der Waals surface area contributed by atoms with Crippen molar-refractivity contribution in [3.63, 3.8) is 0 Å². The summed E-state index contributed by atoms with van der Waals surface area (Å²) in [5.41, 5.74) is 12.5. The van der Waals surface area contributed by atoms with Crippen LogP contribution in [-0.2, 0) is 5.41 Å². The van der Waals surface area contributed by atoms with Crippen LogP contribution in [0.1, 0.15) is 25.0 Å². The quantitative estimate of drug-likeness (QED) is 0.202. The predicted molar refractivity (Wildman–Crippen MR) is 194 cm³/mol. The molecule has 0 spiro atoms. The topological polar surface area (TPSA) is 35.6 Å². The van der Waals surface area contributed by atoms with Crippen molar-refractivity contribution >= 4 is 43.6 Å². The second kappa shape index (κ2) is 9.51.